The smallest absolute Gasteiger partial charge is 0.303 e. The standard InChI is InChI=1S/C26H30ClN3O3S/c1-4-19-20-11-13-30(12-5-6-24(31)32)15-18(20)7-9-21(19)26-29-28-25(34-26)17-8-10-23(22(27)14-17)33-16(2)3/h7-10,14,16H,4-6,11-13,15H2,1-3H3,(H,31,32). The van der Waals surface area contributed by atoms with Gasteiger partial charge in [-0.05, 0) is 74.5 Å². The fourth-order valence-corrected chi connectivity index (χ4v) is 5.59. The maximum absolute atomic E-state index is 10.8. The van der Waals surface area contributed by atoms with Gasteiger partial charge in [-0.25, -0.2) is 0 Å². The third kappa shape index (κ3) is 5.59. The lowest BCUT2D eigenvalue weighted by molar-refractivity contribution is -0.137. The number of aromatic nitrogens is 2. The predicted octanol–water partition coefficient (Wildman–Crippen LogP) is 6.10. The van der Waals surface area contributed by atoms with Gasteiger partial charge >= 0.3 is 5.97 Å². The summed E-state index contributed by atoms with van der Waals surface area (Å²) in [6.07, 6.45) is 2.87. The fourth-order valence-electron chi connectivity index (χ4n) is 4.47. The zero-order chi connectivity index (χ0) is 24.2. The zero-order valence-corrected chi connectivity index (χ0v) is 21.4. The molecule has 0 radical (unpaired) electrons. The lowest BCUT2D eigenvalue weighted by atomic mass is 9.89. The molecule has 8 heteroatoms. The molecule has 3 aromatic rings. The second-order valence-electron chi connectivity index (χ2n) is 8.83. The van der Waals surface area contributed by atoms with Gasteiger partial charge in [0.1, 0.15) is 15.8 Å². The average Bonchev–Trinajstić information content (AvgIpc) is 3.29. The van der Waals surface area contributed by atoms with E-state index in [0.29, 0.717) is 17.2 Å². The average molecular weight is 500 g/mol. The molecule has 0 saturated heterocycles. The SMILES string of the molecule is CCc1c(-c2nnc(-c3ccc(OC(C)C)c(Cl)c3)s2)ccc2c1CCN(CCCC(=O)O)C2. The van der Waals surface area contributed by atoms with Crippen LogP contribution in [-0.4, -0.2) is 45.4 Å². The van der Waals surface area contributed by atoms with Gasteiger partial charge in [0.25, 0.3) is 0 Å². The van der Waals surface area contributed by atoms with Crippen molar-refractivity contribution in [3.63, 3.8) is 0 Å². The molecule has 2 heterocycles. The second-order valence-corrected chi connectivity index (χ2v) is 10.2. The predicted molar refractivity (Wildman–Crippen MR) is 137 cm³/mol. The summed E-state index contributed by atoms with van der Waals surface area (Å²) in [6, 6.07) is 10.1. The molecule has 0 unspecified atom stereocenters. The van der Waals surface area contributed by atoms with Crippen LogP contribution in [0, 0.1) is 0 Å². The minimum absolute atomic E-state index is 0.0600. The highest BCUT2D eigenvalue weighted by molar-refractivity contribution is 7.17. The molecule has 180 valence electrons. The largest absolute Gasteiger partial charge is 0.489 e. The Morgan fingerprint density at radius 3 is 2.74 bits per heavy atom. The molecular formula is C26H30ClN3O3S. The third-order valence-electron chi connectivity index (χ3n) is 6.02. The van der Waals surface area contributed by atoms with Crippen LogP contribution in [0.1, 0.15) is 50.3 Å². The van der Waals surface area contributed by atoms with Crippen molar-refractivity contribution < 1.29 is 14.6 Å². The molecule has 1 aromatic heterocycles. The van der Waals surface area contributed by atoms with Crippen molar-refractivity contribution in [3.05, 3.63) is 52.0 Å². The number of aliphatic carboxylic acids is 1. The van der Waals surface area contributed by atoms with Crippen molar-refractivity contribution in [2.24, 2.45) is 0 Å². The topological polar surface area (TPSA) is 75.6 Å². The van der Waals surface area contributed by atoms with Crippen LogP contribution in [0.25, 0.3) is 21.1 Å². The van der Waals surface area contributed by atoms with Crippen molar-refractivity contribution in [3.8, 4) is 26.9 Å². The first-order chi connectivity index (χ1) is 16.4. The van der Waals surface area contributed by atoms with Gasteiger partial charge in [-0.2, -0.15) is 0 Å². The molecule has 2 aromatic carbocycles. The van der Waals surface area contributed by atoms with E-state index >= 15 is 0 Å². The Labute approximate surface area is 209 Å². The summed E-state index contributed by atoms with van der Waals surface area (Å²) in [5, 5.41) is 20.2. The molecule has 0 bridgehead atoms. The number of rotatable bonds is 9. The van der Waals surface area contributed by atoms with E-state index in [-0.39, 0.29) is 12.5 Å². The molecule has 1 aliphatic rings. The number of carbonyl (C=O) groups is 1. The fraction of sp³-hybridized carbons (Fsp3) is 0.423. The number of carboxylic acids is 1. The lowest BCUT2D eigenvalue weighted by Gasteiger charge is -2.30. The van der Waals surface area contributed by atoms with Crippen molar-refractivity contribution in [1.82, 2.24) is 15.1 Å². The Morgan fingerprint density at radius 1 is 1.24 bits per heavy atom. The van der Waals surface area contributed by atoms with Gasteiger partial charge in [0.2, 0.25) is 0 Å². The number of benzene rings is 2. The van der Waals surface area contributed by atoms with E-state index in [4.69, 9.17) is 21.4 Å². The van der Waals surface area contributed by atoms with Gasteiger partial charge in [-0.1, -0.05) is 42.0 Å². The van der Waals surface area contributed by atoms with Gasteiger partial charge < -0.3 is 9.84 Å². The van der Waals surface area contributed by atoms with Crippen LogP contribution in [0.3, 0.4) is 0 Å². The maximum Gasteiger partial charge on any atom is 0.303 e. The molecule has 0 amide bonds. The Morgan fingerprint density at radius 2 is 2.03 bits per heavy atom. The molecule has 0 fully saturated rings. The number of hydrogen-bond acceptors (Lipinski definition) is 6. The van der Waals surface area contributed by atoms with Crippen LogP contribution in [0.4, 0.5) is 0 Å². The first-order valence-corrected chi connectivity index (χ1v) is 12.9. The van der Waals surface area contributed by atoms with Crippen molar-refractivity contribution >= 4 is 28.9 Å². The quantitative estimate of drug-likeness (QED) is 0.383. The molecule has 4 rings (SSSR count). The van der Waals surface area contributed by atoms with E-state index in [0.717, 1.165) is 53.6 Å². The Balaban J connectivity index is 1.55. The molecule has 34 heavy (non-hydrogen) atoms. The summed E-state index contributed by atoms with van der Waals surface area (Å²) in [5.74, 6) is -0.0565. The van der Waals surface area contributed by atoms with Crippen LogP contribution in [0.15, 0.2) is 30.3 Å². The minimum atomic E-state index is -0.728. The van der Waals surface area contributed by atoms with E-state index < -0.39 is 5.97 Å². The molecule has 1 aliphatic heterocycles. The molecule has 0 aliphatic carbocycles. The van der Waals surface area contributed by atoms with Crippen LogP contribution in [0.2, 0.25) is 5.02 Å². The molecule has 0 atom stereocenters. The number of carboxylic acid groups (broad SMARTS) is 1. The summed E-state index contributed by atoms with van der Waals surface area (Å²) in [7, 11) is 0. The summed E-state index contributed by atoms with van der Waals surface area (Å²) in [4.78, 5) is 13.2. The number of hydrogen-bond donors (Lipinski definition) is 1. The van der Waals surface area contributed by atoms with Crippen LogP contribution >= 0.6 is 22.9 Å². The van der Waals surface area contributed by atoms with Crippen LogP contribution in [-0.2, 0) is 24.2 Å². The van der Waals surface area contributed by atoms with Crippen LogP contribution in [0.5, 0.6) is 5.75 Å². The Kier molecular flexibility index (Phi) is 7.86. The number of nitrogens with zero attached hydrogens (tertiary/aromatic N) is 3. The molecule has 1 N–H and O–H groups in total. The van der Waals surface area contributed by atoms with Crippen molar-refractivity contribution in [2.45, 2.75) is 59.1 Å². The summed E-state index contributed by atoms with van der Waals surface area (Å²) in [5.41, 5.74) is 6.15. The number of ether oxygens (including phenoxy) is 1. The lowest BCUT2D eigenvalue weighted by Crippen LogP contribution is -2.32. The molecular weight excluding hydrogens is 470 g/mol. The maximum atomic E-state index is 10.8. The van der Waals surface area contributed by atoms with Gasteiger partial charge in [0, 0.05) is 30.6 Å². The number of halogens is 1. The highest BCUT2D eigenvalue weighted by Crippen LogP contribution is 2.37. The van der Waals surface area contributed by atoms with Gasteiger partial charge in [-0.15, -0.1) is 10.2 Å². The first-order valence-electron chi connectivity index (χ1n) is 11.7. The molecule has 6 nitrogen and oxygen atoms in total. The zero-order valence-electron chi connectivity index (χ0n) is 19.8. The Bertz CT molecular complexity index is 1180. The third-order valence-corrected chi connectivity index (χ3v) is 7.32. The molecule has 0 saturated carbocycles. The van der Waals surface area contributed by atoms with E-state index in [9.17, 15) is 4.79 Å². The van der Waals surface area contributed by atoms with Crippen molar-refractivity contribution in [2.75, 3.05) is 13.1 Å². The monoisotopic (exact) mass is 499 g/mol. The van der Waals surface area contributed by atoms with Gasteiger partial charge in [0.05, 0.1) is 11.1 Å². The highest BCUT2D eigenvalue weighted by Gasteiger charge is 2.22. The Hall–Kier alpha value is -2.48. The van der Waals surface area contributed by atoms with E-state index in [2.05, 4.69) is 34.2 Å². The van der Waals surface area contributed by atoms with Crippen molar-refractivity contribution in [1.29, 1.82) is 0 Å². The minimum Gasteiger partial charge on any atom is -0.489 e. The van der Waals surface area contributed by atoms with Gasteiger partial charge in [0.15, 0.2) is 0 Å². The first kappa shape index (κ1) is 24.6. The summed E-state index contributed by atoms with van der Waals surface area (Å²) in [6.45, 7) is 8.77. The van der Waals surface area contributed by atoms with E-state index in [1.165, 1.54) is 16.7 Å². The molecule has 0 spiro atoms. The highest BCUT2D eigenvalue weighted by atomic mass is 35.5. The number of fused-ring (bicyclic) bond motifs is 1. The van der Waals surface area contributed by atoms with E-state index in [1.807, 2.05) is 32.0 Å². The normalized spacial score (nSPS) is 13.8. The summed E-state index contributed by atoms with van der Waals surface area (Å²) < 4.78 is 5.74. The van der Waals surface area contributed by atoms with Gasteiger partial charge in [-0.3, -0.25) is 9.69 Å². The summed E-state index contributed by atoms with van der Waals surface area (Å²) >= 11 is 8.01. The second kappa shape index (κ2) is 10.8. The van der Waals surface area contributed by atoms with E-state index in [1.54, 1.807) is 11.3 Å². The van der Waals surface area contributed by atoms with Crippen LogP contribution < -0.4 is 4.74 Å².